The van der Waals surface area contributed by atoms with Crippen molar-refractivity contribution in [2.24, 2.45) is 0 Å². The van der Waals surface area contributed by atoms with Gasteiger partial charge < -0.3 is 5.11 Å². The lowest BCUT2D eigenvalue weighted by Crippen LogP contribution is -1.85. The highest BCUT2D eigenvalue weighted by atomic mass is 16.3. The molecule has 1 rings (SSSR count). The maximum Gasteiger partial charge on any atom is 0.0681 e. The number of benzene rings is 1. The van der Waals surface area contributed by atoms with Crippen LogP contribution in [0.3, 0.4) is 0 Å². The topological polar surface area (TPSA) is 20.2 Å². The van der Waals surface area contributed by atoms with Gasteiger partial charge in [0.2, 0.25) is 0 Å². The number of hydrogen-bond donors (Lipinski definition) is 1. The number of allylic oxidation sites excluding steroid dienone is 1. The Morgan fingerprint density at radius 1 is 1.31 bits per heavy atom. The highest BCUT2D eigenvalue weighted by Crippen LogP contribution is 2.17. The Kier molecular flexibility index (Phi) is 3.71. The average molecular weight is 176 g/mol. The molecule has 0 fully saturated rings. The van der Waals surface area contributed by atoms with Crippen LogP contribution in [0, 0.1) is 0 Å². The summed E-state index contributed by atoms with van der Waals surface area (Å²) in [6.07, 6.45) is 2.17. The van der Waals surface area contributed by atoms with Crippen molar-refractivity contribution in [1.82, 2.24) is 0 Å². The number of aliphatic hydroxyl groups is 1. The van der Waals surface area contributed by atoms with Gasteiger partial charge in [-0.15, -0.1) is 0 Å². The minimum absolute atomic E-state index is 0.112. The van der Waals surface area contributed by atoms with E-state index in [-0.39, 0.29) is 6.61 Å². The Bertz CT molecular complexity index is 272. The first-order valence-corrected chi connectivity index (χ1v) is 4.66. The Hall–Kier alpha value is -1.08. The van der Waals surface area contributed by atoms with Crippen LogP contribution in [0.2, 0.25) is 0 Å². The SMILES string of the molecule is C=C(CCC)c1ccc(CO)cc1. The van der Waals surface area contributed by atoms with Crippen molar-refractivity contribution in [2.75, 3.05) is 0 Å². The van der Waals surface area contributed by atoms with Gasteiger partial charge in [0.15, 0.2) is 0 Å². The Balaban J connectivity index is 2.74. The first-order chi connectivity index (χ1) is 6.27. The molecule has 0 radical (unpaired) electrons. The molecule has 0 saturated carbocycles. The summed E-state index contributed by atoms with van der Waals surface area (Å²) in [7, 11) is 0. The quantitative estimate of drug-likeness (QED) is 0.747. The Morgan fingerprint density at radius 3 is 2.38 bits per heavy atom. The van der Waals surface area contributed by atoms with E-state index in [0.717, 1.165) is 18.4 Å². The molecule has 0 unspecified atom stereocenters. The van der Waals surface area contributed by atoms with E-state index in [0.29, 0.717) is 0 Å². The fourth-order valence-corrected chi connectivity index (χ4v) is 1.29. The molecule has 0 aromatic heterocycles. The van der Waals surface area contributed by atoms with E-state index in [9.17, 15) is 0 Å². The van der Waals surface area contributed by atoms with Crippen LogP contribution < -0.4 is 0 Å². The Labute approximate surface area is 79.7 Å². The summed E-state index contributed by atoms with van der Waals surface area (Å²) >= 11 is 0. The van der Waals surface area contributed by atoms with Gasteiger partial charge in [0.25, 0.3) is 0 Å². The van der Waals surface area contributed by atoms with E-state index in [1.165, 1.54) is 11.1 Å². The van der Waals surface area contributed by atoms with Crippen molar-refractivity contribution in [2.45, 2.75) is 26.4 Å². The predicted octanol–water partition coefficient (Wildman–Crippen LogP) is 2.99. The molecule has 0 bridgehead atoms. The predicted molar refractivity (Wildman–Crippen MR) is 56.3 cm³/mol. The molecule has 0 spiro atoms. The highest BCUT2D eigenvalue weighted by Gasteiger charge is 1.97. The maximum atomic E-state index is 8.85. The number of rotatable bonds is 4. The second-order valence-corrected chi connectivity index (χ2v) is 3.21. The monoisotopic (exact) mass is 176 g/mol. The van der Waals surface area contributed by atoms with E-state index < -0.39 is 0 Å². The molecule has 0 aliphatic heterocycles. The minimum atomic E-state index is 0.112. The third-order valence-corrected chi connectivity index (χ3v) is 2.10. The van der Waals surface area contributed by atoms with Crippen LogP contribution in [0.25, 0.3) is 5.57 Å². The third kappa shape index (κ3) is 2.71. The van der Waals surface area contributed by atoms with Crippen molar-refractivity contribution in [3.8, 4) is 0 Å². The van der Waals surface area contributed by atoms with Gasteiger partial charge in [0.05, 0.1) is 6.61 Å². The van der Waals surface area contributed by atoms with Crippen LogP contribution in [-0.2, 0) is 6.61 Å². The lowest BCUT2D eigenvalue weighted by molar-refractivity contribution is 0.282. The van der Waals surface area contributed by atoms with Gasteiger partial charge in [-0.3, -0.25) is 0 Å². The summed E-state index contributed by atoms with van der Waals surface area (Å²) < 4.78 is 0. The fourth-order valence-electron chi connectivity index (χ4n) is 1.29. The van der Waals surface area contributed by atoms with Gasteiger partial charge in [0, 0.05) is 0 Å². The molecule has 1 N–H and O–H groups in total. The van der Waals surface area contributed by atoms with E-state index >= 15 is 0 Å². The van der Waals surface area contributed by atoms with Crippen LogP contribution in [-0.4, -0.2) is 5.11 Å². The molecule has 0 amide bonds. The molecule has 0 heterocycles. The number of aliphatic hydroxyl groups excluding tert-OH is 1. The van der Waals surface area contributed by atoms with Gasteiger partial charge in [-0.25, -0.2) is 0 Å². The minimum Gasteiger partial charge on any atom is -0.392 e. The molecule has 0 aliphatic rings. The summed E-state index contributed by atoms with van der Waals surface area (Å²) in [5.41, 5.74) is 3.30. The average Bonchev–Trinajstić information content (AvgIpc) is 2.18. The summed E-state index contributed by atoms with van der Waals surface area (Å²) in [5, 5.41) is 8.85. The fraction of sp³-hybridized carbons (Fsp3) is 0.333. The second kappa shape index (κ2) is 4.83. The lowest BCUT2D eigenvalue weighted by Gasteiger charge is -2.04. The molecule has 1 heteroatoms. The standard InChI is InChI=1S/C12H16O/c1-3-4-10(2)12-7-5-11(9-13)6-8-12/h5-8,13H,2-4,9H2,1H3. The van der Waals surface area contributed by atoms with Gasteiger partial charge in [-0.05, 0) is 23.1 Å². The summed E-state index contributed by atoms with van der Waals surface area (Å²) in [6.45, 7) is 6.27. The smallest absolute Gasteiger partial charge is 0.0681 e. The zero-order chi connectivity index (χ0) is 9.68. The maximum absolute atomic E-state index is 8.85. The van der Waals surface area contributed by atoms with Gasteiger partial charge in [-0.1, -0.05) is 44.2 Å². The molecule has 0 atom stereocenters. The van der Waals surface area contributed by atoms with Gasteiger partial charge in [0.1, 0.15) is 0 Å². The van der Waals surface area contributed by atoms with Crippen LogP contribution in [0.1, 0.15) is 30.9 Å². The van der Waals surface area contributed by atoms with E-state index in [1.54, 1.807) is 0 Å². The van der Waals surface area contributed by atoms with Crippen LogP contribution in [0.4, 0.5) is 0 Å². The van der Waals surface area contributed by atoms with Crippen molar-refractivity contribution in [1.29, 1.82) is 0 Å². The molecule has 70 valence electrons. The molecule has 13 heavy (non-hydrogen) atoms. The lowest BCUT2D eigenvalue weighted by atomic mass is 10.0. The van der Waals surface area contributed by atoms with Crippen molar-refractivity contribution >= 4 is 5.57 Å². The van der Waals surface area contributed by atoms with Crippen molar-refractivity contribution < 1.29 is 5.11 Å². The molecule has 1 aromatic carbocycles. The van der Waals surface area contributed by atoms with E-state index in [2.05, 4.69) is 13.5 Å². The van der Waals surface area contributed by atoms with Crippen LogP contribution in [0.15, 0.2) is 30.8 Å². The summed E-state index contributed by atoms with van der Waals surface area (Å²) in [6, 6.07) is 7.92. The zero-order valence-electron chi connectivity index (χ0n) is 8.09. The molecule has 0 saturated heterocycles. The zero-order valence-corrected chi connectivity index (χ0v) is 8.09. The molecule has 1 aromatic rings. The normalized spacial score (nSPS) is 10.0. The third-order valence-electron chi connectivity index (χ3n) is 2.10. The van der Waals surface area contributed by atoms with Crippen molar-refractivity contribution in [3.63, 3.8) is 0 Å². The first kappa shape index (κ1) is 10.0. The summed E-state index contributed by atoms with van der Waals surface area (Å²) in [4.78, 5) is 0. The van der Waals surface area contributed by atoms with Gasteiger partial charge >= 0.3 is 0 Å². The largest absolute Gasteiger partial charge is 0.392 e. The summed E-state index contributed by atoms with van der Waals surface area (Å²) in [5.74, 6) is 0. The van der Waals surface area contributed by atoms with E-state index in [4.69, 9.17) is 5.11 Å². The molecular formula is C12H16O. The van der Waals surface area contributed by atoms with Crippen LogP contribution in [0.5, 0.6) is 0 Å². The number of hydrogen-bond acceptors (Lipinski definition) is 1. The van der Waals surface area contributed by atoms with Crippen molar-refractivity contribution in [3.05, 3.63) is 42.0 Å². The second-order valence-electron chi connectivity index (χ2n) is 3.21. The molecular weight excluding hydrogens is 160 g/mol. The molecule has 1 nitrogen and oxygen atoms in total. The first-order valence-electron chi connectivity index (χ1n) is 4.66. The molecule has 0 aliphatic carbocycles. The highest BCUT2D eigenvalue weighted by molar-refractivity contribution is 5.63. The Morgan fingerprint density at radius 2 is 1.92 bits per heavy atom. The van der Waals surface area contributed by atoms with Crippen LogP contribution >= 0.6 is 0 Å². The van der Waals surface area contributed by atoms with Gasteiger partial charge in [-0.2, -0.15) is 0 Å². The van der Waals surface area contributed by atoms with E-state index in [1.807, 2.05) is 24.3 Å².